The Kier molecular flexibility index (Phi) is 3.47. The maximum atomic E-state index is 11.4. The predicted octanol–water partition coefficient (Wildman–Crippen LogP) is 2.89. The second kappa shape index (κ2) is 5.92. The Balaban J connectivity index is 1.72. The van der Waals surface area contributed by atoms with Gasteiger partial charge >= 0.3 is 0 Å². The summed E-state index contributed by atoms with van der Waals surface area (Å²) in [6.07, 6.45) is 3.32. The molecule has 0 saturated carbocycles. The molecule has 0 atom stereocenters. The number of aromatic nitrogens is 5. The van der Waals surface area contributed by atoms with Crippen molar-refractivity contribution in [2.24, 2.45) is 0 Å². The molecule has 0 spiro atoms. The summed E-state index contributed by atoms with van der Waals surface area (Å²) in [5.74, 6) is 1.11. The molecule has 0 amide bonds. The fourth-order valence-electron chi connectivity index (χ4n) is 2.45. The number of nitrogens with zero attached hydrogens (tertiary/aromatic N) is 3. The van der Waals surface area contributed by atoms with Crippen LogP contribution in [-0.4, -0.2) is 25.1 Å². The van der Waals surface area contributed by atoms with E-state index < -0.39 is 0 Å². The van der Waals surface area contributed by atoms with Crippen LogP contribution in [0.4, 0.5) is 0 Å². The van der Waals surface area contributed by atoms with E-state index in [9.17, 15) is 4.79 Å². The quantitative estimate of drug-likeness (QED) is 0.608. The van der Waals surface area contributed by atoms with Crippen molar-refractivity contribution in [2.45, 2.75) is 0 Å². The maximum Gasteiger partial charge on any atom is 0.248 e. The van der Waals surface area contributed by atoms with Gasteiger partial charge in [0.2, 0.25) is 5.56 Å². The second-order valence-corrected chi connectivity index (χ2v) is 5.25. The molecule has 0 aliphatic heterocycles. The monoisotopic (exact) mass is 315 g/mol. The second-order valence-electron chi connectivity index (χ2n) is 5.25. The average molecular weight is 315 g/mol. The van der Waals surface area contributed by atoms with E-state index in [4.69, 9.17) is 0 Å². The van der Waals surface area contributed by atoms with E-state index in [0.29, 0.717) is 17.2 Å². The minimum atomic E-state index is -0.180. The molecule has 6 nitrogen and oxygen atoms in total. The smallest absolute Gasteiger partial charge is 0.248 e. The summed E-state index contributed by atoms with van der Waals surface area (Å²) >= 11 is 0. The predicted molar refractivity (Wildman–Crippen MR) is 91.1 cm³/mol. The van der Waals surface area contributed by atoms with Gasteiger partial charge in [-0.1, -0.05) is 30.3 Å². The van der Waals surface area contributed by atoms with Crippen LogP contribution in [-0.2, 0) is 0 Å². The van der Waals surface area contributed by atoms with Crippen LogP contribution in [0.3, 0.4) is 0 Å². The van der Waals surface area contributed by atoms with Crippen LogP contribution < -0.4 is 5.56 Å². The normalized spacial score (nSPS) is 10.7. The van der Waals surface area contributed by atoms with Crippen molar-refractivity contribution in [1.29, 1.82) is 0 Å². The molecule has 116 valence electrons. The summed E-state index contributed by atoms with van der Waals surface area (Å²) in [6, 6.07) is 17.0. The molecule has 0 fully saturated rings. The van der Waals surface area contributed by atoms with E-state index in [-0.39, 0.29) is 5.56 Å². The van der Waals surface area contributed by atoms with Gasteiger partial charge in [0.25, 0.3) is 0 Å². The molecule has 0 bridgehead atoms. The molecule has 0 radical (unpaired) electrons. The van der Waals surface area contributed by atoms with Gasteiger partial charge < -0.3 is 4.98 Å². The first kappa shape index (κ1) is 14.1. The van der Waals surface area contributed by atoms with Gasteiger partial charge in [0, 0.05) is 35.2 Å². The SMILES string of the molecule is O=c1cc(-c2nc(-c3ccnc(-c4ccccc4)c3)n[nH]2)cc[nH]1. The third-order valence-electron chi connectivity index (χ3n) is 3.62. The fraction of sp³-hybridized carbons (Fsp3) is 0. The van der Waals surface area contributed by atoms with E-state index >= 15 is 0 Å². The first-order valence-electron chi connectivity index (χ1n) is 7.43. The third kappa shape index (κ3) is 2.72. The summed E-state index contributed by atoms with van der Waals surface area (Å²) in [5, 5.41) is 7.12. The molecule has 0 aliphatic carbocycles. The average Bonchev–Trinajstić information content (AvgIpc) is 3.13. The first-order chi connectivity index (χ1) is 11.8. The molecule has 4 aromatic rings. The fourth-order valence-corrected chi connectivity index (χ4v) is 2.45. The van der Waals surface area contributed by atoms with Gasteiger partial charge in [0.15, 0.2) is 11.6 Å². The number of hydrogen-bond donors (Lipinski definition) is 2. The molecule has 0 unspecified atom stereocenters. The molecule has 2 N–H and O–H groups in total. The zero-order valence-electron chi connectivity index (χ0n) is 12.6. The highest BCUT2D eigenvalue weighted by atomic mass is 16.1. The third-order valence-corrected chi connectivity index (χ3v) is 3.62. The van der Waals surface area contributed by atoms with Crippen LogP contribution in [0.2, 0.25) is 0 Å². The molecule has 3 aromatic heterocycles. The number of benzene rings is 1. The van der Waals surface area contributed by atoms with Gasteiger partial charge in [-0.25, -0.2) is 4.98 Å². The lowest BCUT2D eigenvalue weighted by Gasteiger charge is -2.02. The molecular formula is C18H13N5O. The molecule has 3 heterocycles. The molecule has 1 aromatic carbocycles. The summed E-state index contributed by atoms with van der Waals surface area (Å²) in [6.45, 7) is 0. The Bertz CT molecular complexity index is 1040. The minimum Gasteiger partial charge on any atom is -0.329 e. The van der Waals surface area contributed by atoms with E-state index in [0.717, 1.165) is 16.8 Å². The lowest BCUT2D eigenvalue weighted by atomic mass is 10.1. The van der Waals surface area contributed by atoms with Crippen LogP contribution in [0.25, 0.3) is 34.0 Å². The molecule has 24 heavy (non-hydrogen) atoms. The van der Waals surface area contributed by atoms with Crippen LogP contribution in [0.1, 0.15) is 0 Å². The first-order valence-corrected chi connectivity index (χ1v) is 7.43. The zero-order valence-corrected chi connectivity index (χ0v) is 12.6. The molecule has 0 saturated heterocycles. The van der Waals surface area contributed by atoms with E-state index in [1.165, 1.54) is 6.07 Å². The van der Waals surface area contributed by atoms with Crippen molar-refractivity contribution in [3.8, 4) is 34.0 Å². The lowest BCUT2D eigenvalue weighted by molar-refractivity contribution is 1.10. The van der Waals surface area contributed by atoms with Gasteiger partial charge in [-0.3, -0.25) is 14.9 Å². The summed E-state index contributed by atoms with van der Waals surface area (Å²) in [7, 11) is 0. The highest BCUT2D eigenvalue weighted by Gasteiger charge is 2.09. The van der Waals surface area contributed by atoms with E-state index in [2.05, 4.69) is 25.1 Å². The number of nitrogens with one attached hydrogen (secondary N) is 2. The van der Waals surface area contributed by atoms with Crippen molar-refractivity contribution in [1.82, 2.24) is 25.1 Å². The topological polar surface area (TPSA) is 87.3 Å². The van der Waals surface area contributed by atoms with Crippen LogP contribution in [0, 0.1) is 0 Å². The summed E-state index contributed by atoms with van der Waals surface area (Å²) < 4.78 is 0. The van der Waals surface area contributed by atoms with E-state index in [1.807, 2.05) is 42.5 Å². The Morgan fingerprint density at radius 1 is 0.875 bits per heavy atom. The van der Waals surface area contributed by atoms with Crippen molar-refractivity contribution in [2.75, 3.05) is 0 Å². The Hall–Kier alpha value is -3.54. The molecule has 6 heteroatoms. The molecule has 0 aliphatic rings. The van der Waals surface area contributed by atoms with Crippen molar-refractivity contribution >= 4 is 0 Å². The van der Waals surface area contributed by atoms with Gasteiger partial charge in [-0.05, 0) is 18.2 Å². The Morgan fingerprint density at radius 3 is 2.58 bits per heavy atom. The number of rotatable bonds is 3. The van der Waals surface area contributed by atoms with Crippen LogP contribution >= 0.6 is 0 Å². The highest BCUT2D eigenvalue weighted by molar-refractivity contribution is 5.67. The zero-order chi connectivity index (χ0) is 16.4. The standard InChI is InChI=1S/C18H13N5O/c24-16-11-14(7-9-20-16)18-21-17(22-23-18)13-6-8-19-15(10-13)12-4-2-1-3-5-12/h1-11H,(H,20,24)(H,21,22,23). The summed E-state index contributed by atoms with van der Waals surface area (Å²) in [4.78, 5) is 22.9. The van der Waals surface area contributed by atoms with Gasteiger partial charge in [0.05, 0.1) is 5.69 Å². The Labute approximate surface area is 137 Å². The highest BCUT2D eigenvalue weighted by Crippen LogP contribution is 2.23. The number of H-pyrrole nitrogens is 2. The summed E-state index contributed by atoms with van der Waals surface area (Å²) in [5.41, 5.74) is 3.26. The molecular weight excluding hydrogens is 302 g/mol. The molecule has 4 rings (SSSR count). The van der Waals surface area contributed by atoms with Gasteiger partial charge in [-0.15, -0.1) is 0 Å². The van der Waals surface area contributed by atoms with Crippen molar-refractivity contribution in [3.05, 3.63) is 77.3 Å². The maximum absolute atomic E-state index is 11.4. The van der Waals surface area contributed by atoms with E-state index in [1.54, 1.807) is 18.5 Å². The van der Waals surface area contributed by atoms with Crippen LogP contribution in [0.5, 0.6) is 0 Å². The van der Waals surface area contributed by atoms with Crippen LogP contribution in [0.15, 0.2) is 71.8 Å². The minimum absolute atomic E-state index is 0.180. The number of pyridine rings is 2. The lowest BCUT2D eigenvalue weighted by Crippen LogP contribution is -2.02. The Morgan fingerprint density at radius 2 is 1.75 bits per heavy atom. The number of hydrogen-bond acceptors (Lipinski definition) is 4. The van der Waals surface area contributed by atoms with Gasteiger partial charge in [-0.2, -0.15) is 5.10 Å². The van der Waals surface area contributed by atoms with Gasteiger partial charge in [0.1, 0.15) is 0 Å². The largest absolute Gasteiger partial charge is 0.329 e. The number of aromatic amines is 2. The van der Waals surface area contributed by atoms with Crippen molar-refractivity contribution < 1.29 is 0 Å². The van der Waals surface area contributed by atoms with Crippen molar-refractivity contribution in [3.63, 3.8) is 0 Å².